The summed E-state index contributed by atoms with van der Waals surface area (Å²) in [7, 11) is 7.77. The zero-order valence-electron chi connectivity index (χ0n) is 3.11. The van der Waals surface area contributed by atoms with Gasteiger partial charge in [-0.1, -0.05) is 9.24 Å². The van der Waals surface area contributed by atoms with E-state index < -0.39 is 0 Å². The van der Waals surface area contributed by atoms with Crippen molar-refractivity contribution in [1.82, 2.24) is 0 Å². The van der Waals surface area contributed by atoms with Crippen molar-refractivity contribution in [2.75, 3.05) is 0 Å². The van der Waals surface area contributed by atoms with Crippen LogP contribution in [0.1, 0.15) is 0 Å². The molecule has 0 aromatic carbocycles. The SMILES string of the molecule is PC(P)=C(P)I. The molecule has 0 saturated carbocycles. The maximum absolute atomic E-state index is 2.60. The van der Waals surface area contributed by atoms with E-state index in [-0.39, 0.29) is 0 Å². The van der Waals surface area contributed by atoms with Crippen LogP contribution in [0, 0.1) is 0 Å². The lowest BCUT2D eigenvalue weighted by molar-refractivity contribution is 2.43. The highest BCUT2D eigenvalue weighted by molar-refractivity contribution is 14.1. The summed E-state index contributed by atoms with van der Waals surface area (Å²) < 4.78 is 1.24. The number of hydrogen-bond donors (Lipinski definition) is 0. The van der Waals surface area contributed by atoms with E-state index in [9.17, 15) is 0 Å². The zero-order chi connectivity index (χ0) is 5.15. The van der Waals surface area contributed by atoms with E-state index in [1.165, 1.54) is 8.38 Å². The minimum Gasteiger partial charge on any atom is -0.105 e. The molecule has 0 rings (SSSR count). The summed E-state index contributed by atoms with van der Waals surface area (Å²) in [5.74, 6) is 0. The highest BCUT2D eigenvalue weighted by Crippen LogP contribution is 2.28. The van der Waals surface area contributed by atoms with Gasteiger partial charge in [0.1, 0.15) is 0 Å². The van der Waals surface area contributed by atoms with Gasteiger partial charge in [-0.05, 0) is 27.6 Å². The highest BCUT2D eigenvalue weighted by atomic mass is 127. The largest absolute Gasteiger partial charge is 0.105 e. The van der Waals surface area contributed by atoms with Crippen LogP contribution in [-0.4, -0.2) is 0 Å². The van der Waals surface area contributed by atoms with Crippen molar-refractivity contribution in [3.63, 3.8) is 0 Å². The third-order valence-corrected chi connectivity index (χ3v) is 3.70. The van der Waals surface area contributed by atoms with Crippen molar-refractivity contribution in [3.8, 4) is 0 Å². The lowest BCUT2D eigenvalue weighted by atomic mass is 11.2. The first-order valence-electron chi connectivity index (χ1n) is 1.31. The van der Waals surface area contributed by atoms with E-state index in [1.807, 2.05) is 0 Å². The highest BCUT2D eigenvalue weighted by Gasteiger charge is 1.78. The van der Waals surface area contributed by atoms with Crippen LogP contribution in [0.4, 0.5) is 0 Å². The van der Waals surface area contributed by atoms with Crippen LogP contribution in [0.15, 0.2) is 8.38 Å². The van der Waals surface area contributed by atoms with Gasteiger partial charge in [-0.2, -0.15) is 0 Å². The second kappa shape index (κ2) is 3.72. The maximum atomic E-state index is 2.60. The molecule has 0 bridgehead atoms. The van der Waals surface area contributed by atoms with Crippen molar-refractivity contribution in [2.24, 2.45) is 0 Å². The van der Waals surface area contributed by atoms with Crippen molar-refractivity contribution in [3.05, 3.63) is 8.38 Å². The maximum Gasteiger partial charge on any atom is 0.0149 e. The topological polar surface area (TPSA) is 0 Å². The number of halogens is 1. The predicted molar refractivity (Wildman–Crippen MR) is 50.2 cm³/mol. The molecular weight excluding hydrogens is 244 g/mol. The molecule has 0 heterocycles. The van der Waals surface area contributed by atoms with Gasteiger partial charge in [0.2, 0.25) is 0 Å². The molecule has 0 spiro atoms. The van der Waals surface area contributed by atoms with Crippen LogP contribution in [0.3, 0.4) is 0 Å². The van der Waals surface area contributed by atoms with Crippen LogP contribution in [-0.2, 0) is 0 Å². The fraction of sp³-hybridized carbons (Fsp3) is 0. The summed E-state index contributed by atoms with van der Waals surface area (Å²) in [5.41, 5.74) is 0. The van der Waals surface area contributed by atoms with E-state index in [0.717, 1.165) is 0 Å². The van der Waals surface area contributed by atoms with E-state index in [1.54, 1.807) is 0 Å². The summed E-state index contributed by atoms with van der Waals surface area (Å²) in [4.78, 5) is 0. The predicted octanol–water partition coefficient (Wildman–Crippen LogP) is 2.17. The van der Waals surface area contributed by atoms with E-state index >= 15 is 0 Å². The molecule has 36 valence electrons. The lowest BCUT2D eigenvalue weighted by Gasteiger charge is -1.85. The first-order valence-corrected chi connectivity index (χ1v) is 4.12. The fourth-order valence-electron chi connectivity index (χ4n) is 0. The Morgan fingerprint density at radius 3 is 1.33 bits per heavy atom. The van der Waals surface area contributed by atoms with Crippen LogP contribution in [0.25, 0.3) is 0 Å². The molecule has 0 aliphatic carbocycles. The van der Waals surface area contributed by atoms with Crippen molar-refractivity contribution in [2.45, 2.75) is 0 Å². The molecule has 0 aromatic heterocycles. The van der Waals surface area contributed by atoms with E-state index in [2.05, 4.69) is 50.3 Å². The normalized spacial score (nSPS) is 8.00. The summed E-state index contributed by atoms with van der Waals surface area (Å²) in [6.07, 6.45) is 0. The Morgan fingerprint density at radius 1 is 1.17 bits per heavy atom. The Hall–Kier alpha value is 1.76. The van der Waals surface area contributed by atoms with Crippen molar-refractivity contribution in [1.29, 1.82) is 0 Å². The summed E-state index contributed by atoms with van der Waals surface area (Å²) >= 11 is 2.23. The zero-order valence-corrected chi connectivity index (χ0v) is 8.73. The van der Waals surface area contributed by atoms with Gasteiger partial charge in [-0.15, -0.1) is 18.5 Å². The fourth-order valence-corrected chi connectivity index (χ4v) is 0. The van der Waals surface area contributed by atoms with Crippen LogP contribution >= 0.6 is 50.3 Å². The van der Waals surface area contributed by atoms with E-state index in [4.69, 9.17) is 0 Å². The molecule has 0 aromatic rings. The molecule has 6 heavy (non-hydrogen) atoms. The molecule has 3 atom stereocenters. The molecule has 3 unspecified atom stereocenters. The van der Waals surface area contributed by atoms with Crippen molar-refractivity contribution >= 4 is 50.3 Å². The monoisotopic (exact) mass is 250 g/mol. The quantitative estimate of drug-likeness (QED) is 0.456. The third kappa shape index (κ3) is 3.93. The average Bonchev–Trinajstić information content (AvgIpc) is 1.36. The van der Waals surface area contributed by atoms with Crippen LogP contribution in [0.5, 0.6) is 0 Å². The standard InChI is InChI=1S/C2H6IP3/c3-1(4)2(5)6/h4-6H2. The molecule has 0 saturated heterocycles. The lowest BCUT2D eigenvalue weighted by Crippen LogP contribution is -1.42. The van der Waals surface area contributed by atoms with Gasteiger partial charge in [-0.3, -0.25) is 0 Å². The molecular formula is C2H6IP3. The summed E-state index contributed by atoms with van der Waals surface area (Å²) in [6.45, 7) is 0. The second-order valence-corrected chi connectivity index (χ2v) is 5.63. The van der Waals surface area contributed by atoms with Gasteiger partial charge in [0.25, 0.3) is 0 Å². The van der Waals surface area contributed by atoms with E-state index in [0.29, 0.717) is 0 Å². The molecule has 0 N–H and O–H groups in total. The minimum atomic E-state index is 1.21. The van der Waals surface area contributed by atoms with Crippen LogP contribution in [0.2, 0.25) is 0 Å². The first kappa shape index (κ1) is 7.76. The first-order chi connectivity index (χ1) is 2.64. The van der Waals surface area contributed by atoms with Crippen LogP contribution < -0.4 is 0 Å². The van der Waals surface area contributed by atoms with Gasteiger partial charge >= 0.3 is 0 Å². The smallest absolute Gasteiger partial charge is 0.0149 e. The molecule has 0 fully saturated rings. The Kier molecular flexibility index (Phi) is 4.82. The molecule has 0 aliphatic heterocycles. The van der Waals surface area contributed by atoms with Gasteiger partial charge < -0.3 is 0 Å². The Bertz CT molecular complexity index is 58.9. The summed E-state index contributed by atoms with van der Waals surface area (Å²) in [5, 5.41) is 1.21. The Labute approximate surface area is 58.7 Å². The van der Waals surface area contributed by atoms with Gasteiger partial charge in [0.15, 0.2) is 0 Å². The van der Waals surface area contributed by atoms with Crippen molar-refractivity contribution < 1.29 is 0 Å². The molecule has 0 radical (unpaired) electrons. The average molecular weight is 250 g/mol. The number of rotatable bonds is 0. The third-order valence-electron chi connectivity index (χ3n) is 0.276. The Balaban J connectivity index is 3.68. The second-order valence-electron chi connectivity index (χ2n) is 0.803. The molecule has 4 heteroatoms. The molecule has 0 nitrogen and oxygen atoms in total. The Morgan fingerprint density at radius 2 is 1.33 bits per heavy atom. The minimum absolute atomic E-state index is 1.21. The summed E-state index contributed by atoms with van der Waals surface area (Å²) in [6, 6.07) is 0. The molecule has 0 aliphatic rings. The number of hydrogen-bond acceptors (Lipinski definition) is 0. The molecule has 0 amide bonds. The van der Waals surface area contributed by atoms with Gasteiger partial charge in [0, 0.05) is 3.32 Å². The van der Waals surface area contributed by atoms with Gasteiger partial charge in [-0.25, -0.2) is 0 Å². The van der Waals surface area contributed by atoms with Gasteiger partial charge in [0.05, 0.1) is 0 Å².